The van der Waals surface area contributed by atoms with Gasteiger partial charge >= 0.3 is 0 Å². The Morgan fingerprint density at radius 1 is 0.875 bits per heavy atom. The van der Waals surface area contributed by atoms with Crippen LogP contribution in [0.25, 0.3) is 0 Å². The molecule has 4 nitrogen and oxygen atoms in total. The summed E-state index contributed by atoms with van der Waals surface area (Å²) >= 11 is 0. The van der Waals surface area contributed by atoms with E-state index in [1.165, 1.54) is 0 Å². The summed E-state index contributed by atoms with van der Waals surface area (Å²) in [6.45, 7) is 5.83. The maximum Gasteiger partial charge on any atom is 0.0719 e. The normalized spacial score (nSPS) is 3.75. The first-order valence-electron chi connectivity index (χ1n) is 1.53. The van der Waals surface area contributed by atoms with Crippen LogP contribution in [-0.2, 0) is 0 Å². The summed E-state index contributed by atoms with van der Waals surface area (Å²) in [5.41, 5.74) is 0. The molecule has 8 heavy (non-hydrogen) atoms. The Balaban J connectivity index is -0.0000000483. The second-order valence-corrected chi connectivity index (χ2v) is 0.365. The van der Waals surface area contributed by atoms with Gasteiger partial charge in [0.1, 0.15) is 0 Å². The Labute approximate surface area is 47.6 Å². The van der Waals surface area contributed by atoms with E-state index in [1.807, 2.05) is 0 Å². The van der Waals surface area contributed by atoms with Gasteiger partial charge in [-0.3, -0.25) is 10.5 Å². The third-order valence-electron chi connectivity index (χ3n) is 0. The lowest BCUT2D eigenvalue weighted by Gasteiger charge is -1.41. The van der Waals surface area contributed by atoms with E-state index in [9.17, 15) is 0 Å². The molecule has 0 saturated carbocycles. The minimum atomic E-state index is 0.750. The van der Waals surface area contributed by atoms with Gasteiger partial charge in [-0.25, -0.2) is 0 Å². The predicted octanol–water partition coefficient (Wildman–Crippen LogP) is 1.39. The highest BCUT2D eigenvalue weighted by Crippen LogP contribution is 1.26. The maximum absolute atomic E-state index is 7.33. The van der Waals surface area contributed by atoms with Crippen LogP contribution in [0.1, 0.15) is 0 Å². The van der Waals surface area contributed by atoms with Gasteiger partial charge in [-0.2, -0.15) is 0 Å². The highest BCUT2D eigenvalue weighted by molar-refractivity contribution is 4.38. The predicted molar refractivity (Wildman–Crippen MR) is 30.9 cm³/mol. The Bertz CT molecular complexity index is 29.0. The molecule has 4 heteroatoms. The Hall–Kier alpha value is -1.00. The van der Waals surface area contributed by atoms with Crippen molar-refractivity contribution >= 4 is 0 Å². The van der Waals surface area contributed by atoms with Crippen molar-refractivity contribution in [3.8, 4) is 0 Å². The van der Waals surface area contributed by atoms with Crippen molar-refractivity contribution in [1.82, 2.24) is 0 Å². The average Bonchev–Trinajstić information content (AvgIpc) is 1.75. The Kier molecular flexibility index (Phi) is 295. The summed E-state index contributed by atoms with van der Waals surface area (Å²) in [6, 6.07) is 0. The van der Waals surface area contributed by atoms with E-state index in [2.05, 4.69) is 13.2 Å². The second-order valence-electron chi connectivity index (χ2n) is 0.365. The van der Waals surface area contributed by atoms with Crippen LogP contribution in [-0.4, -0.2) is 20.7 Å². The molecular weight excluding hydrogens is 112 g/mol. The van der Waals surface area contributed by atoms with Crippen LogP contribution in [0.15, 0.2) is 25.7 Å². The van der Waals surface area contributed by atoms with E-state index in [-0.39, 0.29) is 0 Å². The monoisotopic (exact) mass is 122 g/mol. The van der Waals surface area contributed by atoms with Gasteiger partial charge in [0, 0.05) is 0 Å². The highest BCUT2D eigenvalue weighted by Gasteiger charge is 1.11. The minimum absolute atomic E-state index is 0.750. The van der Waals surface area contributed by atoms with E-state index in [1.54, 1.807) is 0 Å². The third kappa shape index (κ3) is 80.0. The fourth-order valence-corrected chi connectivity index (χ4v) is 0. The zero-order valence-electron chi connectivity index (χ0n) is 4.36. The first-order valence-corrected chi connectivity index (χ1v) is 1.53. The molecule has 0 amide bonds. The third-order valence-corrected chi connectivity index (χ3v) is 0. The van der Waals surface area contributed by atoms with E-state index >= 15 is 0 Å². The molecule has 0 rings (SSSR count). The molecule has 4 N–H and O–H groups in total. The van der Waals surface area contributed by atoms with Crippen molar-refractivity contribution in [3.05, 3.63) is 25.7 Å². The van der Waals surface area contributed by atoms with E-state index in [0.29, 0.717) is 0 Å². The fourth-order valence-electron chi connectivity index (χ4n) is 0. The van der Waals surface area contributed by atoms with Gasteiger partial charge in [-0.1, -0.05) is 13.2 Å². The van der Waals surface area contributed by atoms with Crippen LogP contribution in [0.2, 0.25) is 0 Å². The summed E-state index contributed by atoms with van der Waals surface area (Å²) in [7, 11) is 0. The lowest BCUT2D eigenvalue weighted by atomic mass is 11.2. The summed E-state index contributed by atoms with van der Waals surface area (Å²) < 4.78 is 0. The molecule has 0 fully saturated rings. The lowest BCUT2D eigenvalue weighted by molar-refractivity contribution is -0.176. The second kappa shape index (κ2) is 150. The molecule has 0 heterocycles. The van der Waals surface area contributed by atoms with Gasteiger partial charge in [0.15, 0.2) is 0 Å². The van der Waals surface area contributed by atoms with Crippen molar-refractivity contribution in [2.24, 2.45) is 0 Å². The summed E-state index contributed by atoms with van der Waals surface area (Å²) in [4.78, 5) is 0. The first-order chi connectivity index (χ1) is 3.83. The fraction of sp³-hybridized carbons (Fsp3) is 0. The SMILES string of the molecule is C=CO.C=CO.OO. The van der Waals surface area contributed by atoms with E-state index in [0.717, 1.165) is 12.5 Å². The number of hydrogen-bond donors (Lipinski definition) is 4. The summed E-state index contributed by atoms with van der Waals surface area (Å²) in [5.74, 6) is 0. The van der Waals surface area contributed by atoms with Crippen LogP contribution < -0.4 is 0 Å². The molecule has 0 aliphatic rings. The van der Waals surface area contributed by atoms with Gasteiger partial charge in [0.2, 0.25) is 0 Å². The molecule has 0 aliphatic heterocycles. The van der Waals surface area contributed by atoms with Crippen LogP contribution in [0.4, 0.5) is 0 Å². The molecule has 0 atom stereocenters. The highest BCUT2D eigenvalue weighted by atomic mass is 17.0. The maximum atomic E-state index is 7.33. The van der Waals surface area contributed by atoms with Gasteiger partial charge in [-0.15, -0.1) is 0 Å². The van der Waals surface area contributed by atoms with Gasteiger partial charge in [-0.05, 0) is 0 Å². The van der Waals surface area contributed by atoms with Crippen molar-refractivity contribution < 1.29 is 20.7 Å². The Morgan fingerprint density at radius 3 is 0.875 bits per heavy atom. The smallest absolute Gasteiger partial charge is 0.0719 e. The molecule has 0 spiro atoms. The number of rotatable bonds is 0. The van der Waals surface area contributed by atoms with Crippen LogP contribution in [0, 0.1) is 0 Å². The van der Waals surface area contributed by atoms with Crippen LogP contribution in [0.5, 0.6) is 0 Å². The zero-order valence-corrected chi connectivity index (χ0v) is 4.36. The number of aliphatic hydroxyl groups is 2. The zero-order chi connectivity index (χ0) is 7.41. The molecule has 0 bridgehead atoms. The lowest BCUT2D eigenvalue weighted by Crippen LogP contribution is -1.29. The number of hydrogen-bond acceptors (Lipinski definition) is 4. The van der Waals surface area contributed by atoms with Crippen molar-refractivity contribution in [2.45, 2.75) is 0 Å². The summed E-state index contributed by atoms with van der Waals surface area (Å²) in [6.07, 6.45) is 1.50. The number of aliphatic hydroxyl groups excluding tert-OH is 2. The average molecular weight is 122 g/mol. The molecule has 0 radical (unpaired) electrons. The van der Waals surface area contributed by atoms with Crippen molar-refractivity contribution in [2.75, 3.05) is 0 Å². The van der Waals surface area contributed by atoms with E-state index < -0.39 is 0 Å². The quantitative estimate of drug-likeness (QED) is 0.222. The topological polar surface area (TPSA) is 80.9 Å². The minimum Gasteiger partial charge on any atom is -0.516 e. The summed E-state index contributed by atoms with van der Waals surface area (Å²) in [5, 5.41) is 26.7. The van der Waals surface area contributed by atoms with Crippen LogP contribution >= 0.6 is 0 Å². The molecule has 0 saturated heterocycles. The van der Waals surface area contributed by atoms with Crippen LogP contribution in [0.3, 0.4) is 0 Å². The van der Waals surface area contributed by atoms with Crippen molar-refractivity contribution in [1.29, 1.82) is 0 Å². The largest absolute Gasteiger partial charge is 0.516 e. The molecule has 0 aromatic carbocycles. The van der Waals surface area contributed by atoms with Crippen molar-refractivity contribution in [3.63, 3.8) is 0 Å². The first kappa shape index (κ1) is 15.8. The molecular formula is C4H10O4. The molecule has 50 valence electrons. The van der Waals surface area contributed by atoms with Gasteiger partial charge < -0.3 is 10.2 Å². The van der Waals surface area contributed by atoms with Gasteiger partial charge in [0.25, 0.3) is 0 Å². The Morgan fingerprint density at radius 2 is 0.875 bits per heavy atom. The molecule has 0 unspecified atom stereocenters. The molecule has 0 aromatic heterocycles. The standard InChI is InChI=1S/2C2H4O.H2O2/c2*1-2-3;1-2/h2*2-3H,1H2;1-2H. The molecule has 0 aromatic rings. The van der Waals surface area contributed by atoms with Gasteiger partial charge in [0.05, 0.1) is 12.5 Å². The molecule has 0 aliphatic carbocycles. The van der Waals surface area contributed by atoms with E-state index in [4.69, 9.17) is 20.7 Å².